The van der Waals surface area contributed by atoms with E-state index < -0.39 is 10.0 Å². The Labute approximate surface area is 176 Å². The molecule has 0 aliphatic carbocycles. The van der Waals surface area contributed by atoms with Crippen LogP contribution in [0, 0.1) is 6.92 Å². The molecule has 3 aromatic rings. The molecule has 9 heteroatoms. The number of methoxy groups -OCH3 is 2. The molecule has 0 aliphatic heterocycles. The SMILES string of the molecule is COc1ccc(OC)c(-n2nnc(S(=O)(=O)Nc3cccc(C(C)(C)C)c3)c2C)c1. The molecule has 0 bridgehead atoms. The van der Waals surface area contributed by atoms with Crippen LogP contribution in [-0.4, -0.2) is 37.6 Å². The average molecular weight is 431 g/mol. The number of aromatic nitrogens is 3. The minimum absolute atomic E-state index is 0.108. The number of nitrogens with zero attached hydrogens (tertiary/aromatic N) is 3. The van der Waals surface area contributed by atoms with Gasteiger partial charge in [0, 0.05) is 11.8 Å². The van der Waals surface area contributed by atoms with E-state index in [9.17, 15) is 8.42 Å². The van der Waals surface area contributed by atoms with Crippen molar-refractivity contribution in [1.29, 1.82) is 0 Å². The van der Waals surface area contributed by atoms with Gasteiger partial charge in [0.05, 0.1) is 19.9 Å². The van der Waals surface area contributed by atoms with Crippen molar-refractivity contribution in [3.63, 3.8) is 0 Å². The topological polar surface area (TPSA) is 95.3 Å². The first-order valence-corrected chi connectivity index (χ1v) is 10.8. The fourth-order valence-electron chi connectivity index (χ4n) is 3.01. The van der Waals surface area contributed by atoms with Crippen molar-refractivity contribution < 1.29 is 17.9 Å². The molecule has 0 fully saturated rings. The van der Waals surface area contributed by atoms with Gasteiger partial charge in [-0.25, -0.2) is 4.68 Å². The predicted octanol–water partition coefficient (Wildman–Crippen LogP) is 3.69. The molecule has 30 heavy (non-hydrogen) atoms. The Kier molecular flexibility index (Phi) is 5.76. The lowest BCUT2D eigenvalue weighted by atomic mass is 9.87. The van der Waals surface area contributed by atoms with E-state index in [1.165, 1.54) is 11.8 Å². The summed E-state index contributed by atoms with van der Waals surface area (Å²) < 4.78 is 40.7. The fraction of sp³-hybridized carbons (Fsp3) is 0.333. The van der Waals surface area contributed by atoms with Crippen LogP contribution >= 0.6 is 0 Å². The van der Waals surface area contributed by atoms with Gasteiger partial charge in [0.2, 0.25) is 5.03 Å². The highest BCUT2D eigenvalue weighted by Crippen LogP contribution is 2.30. The van der Waals surface area contributed by atoms with Crippen molar-refractivity contribution >= 4 is 15.7 Å². The number of rotatable bonds is 6. The second-order valence-electron chi connectivity index (χ2n) is 7.87. The van der Waals surface area contributed by atoms with E-state index in [1.54, 1.807) is 38.3 Å². The summed E-state index contributed by atoms with van der Waals surface area (Å²) in [6.45, 7) is 7.84. The summed E-state index contributed by atoms with van der Waals surface area (Å²) in [5.74, 6) is 1.10. The Morgan fingerprint density at radius 3 is 2.40 bits per heavy atom. The zero-order chi connectivity index (χ0) is 22.1. The number of ether oxygens (including phenoxy) is 2. The second kappa shape index (κ2) is 7.98. The Morgan fingerprint density at radius 1 is 1.03 bits per heavy atom. The van der Waals surface area contributed by atoms with Crippen LogP contribution < -0.4 is 14.2 Å². The van der Waals surface area contributed by atoms with Gasteiger partial charge in [0.25, 0.3) is 10.0 Å². The van der Waals surface area contributed by atoms with Gasteiger partial charge in [-0.2, -0.15) is 8.42 Å². The molecule has 0 amide bonds. The third-order valence-electron chi connectivity index (χ3n) is 4.70. The van der Waals surface area contributed by atoms with E-state index >= 15 is 0 Å². The van der Waals surface area contributed by atoms with Crippen molar-refractivity contribution in [2.45, 2.75) is 38.1 Å². The zero-order valence-electron chi connectivity index (χ0n) is 17.9. The van der Waals surface area contributed by atoms with Gasteiger partial charge in [-0.3, -0.25) is 4.72 Å². The lowest BCUT2D eigenvalue weighted by molar-refractivity contribution is 0.400. The Balaban J connectivity index is 2.00. The summed E-state index contributed by atoms with van der Waals surface area (Å²) in [6, 6.07) is 12.5. The summed E-state index contributed by atoms with van der Waals surface area (Å²) >= 11 is 0. The predicted molar refractivity (Wildman–Crippen MR) is 115 cm³/mol. The maximum Gasteiger partial charge on any atom is 0.283 e. The molecule has 160 valence electrons. The number of sulfonamides is 1. The minimum atomic E-state index is -3.95. The number of nitrogens with one attached hydrogen (secondary N) is 1. The first-order valence-electron chi connectivity index (χ1n) is 9.35. The third kappa shape index (κ3) is 4.25. The van der Waals surface area contributed by atoms with Crippen molar-refractivity contribution in [3.8, 4) is 17.2 Å². The molecule has 0 aliphatic rings. The summed E-state index contributed by atoms with van der Waals surface area (Å²) in [5, 5.41) is 7.82. The van der Waals surface area contributed by atoms with Crippen LogP contribution in [0.15, 0.2) is 47.5 Å². The molecule has 2 aromatic carbocycles. The van der Waals surface area contributed by atoms with Crippen molar-refractivity contribution in [3.05, 3.63) is 53.7 Å². The molecule has 1 aromatic heterocycles. The van der Waals surface area contributed by atoms with E-state index in [0.29, 0.717) is 28.6 Å². The number of hydrogen-bond donors (Lipinski definition) is 1. The molecule has 0 unspecified atom stereocenters. The average Bonchev–Trinajstić information content (AvgIpc) is 3.08. The van der Waals surface area contributed by atoms with E-state index in [4.69, 9.17) is 9.47 Å². The molecule has 0 saturated heterocycles. The summed E-state index contributed by atoms with van der Waals surface area (Å²) in [6.07, 6.45) is 0. The highest BCUT2D eigenvalue weighted by molar-refractivity contribution is 7.92. The van der Waals surface area contributed by atoms with Gasteiger partial charge in [-0.05, 0) is 42.2 Å². The number of hydrogen-bond acceptors (Lipinski definition) is 6. The van der Waals surface area contributed by atoms with Crippen LogP contribution in [-0.2, 0) is 15.4 Å². The van der Waals surface area contributed by atoms with Gasteiger partial charge in [-0.15, -0.1) is 5.10 Å². The normalized spacial score (nSPS) is 11.9. The monoisotopic (exact) mass is 430 g/mol. The molecule has 0 atom stereocenters. The third-order valence-corrected chi connectivity index (χ3v) is 6.09. The summed E-state index contributed by atoms with van der Waals surface area (Å²) in [4.78, 5) is 0. The standard InChI is InChI=1S/C21H26N4O4S/c1-14-20(22-24-25(14)18-13-17(28-5)10-11-19(18)29-6)30(26,27)23-16-9-7-8-15(12-16)21(2,3)4/h7-13,23H,1-6H3. The summed E-state index contributed by atoms with van der Waals surface area (Å²) in [7, 11) is -0.871. The van der Waals surface area contributed by atoms with Crippen molar-refractivity contribution in [2.24, 2.45) is 0 Å². The molecule has 0 radical (unpaired) electrons. The van der Waals surface area contributed by atoms with Crippen molar-refractivity contribution in [2.75, 3.05) is 18.9 Å². The number of anilines is 1. The van der Waals surface area contributed by atoms with E-state index in [2.05, 4.69) is 35.8 Å². The quantitative estimate of drug-likeness (QED) is 0.641. The maximum atomic E-state index is 13.0. The maximum absolute atomic E-state index is 13.0. The Hall–Kier alpha value is -3.07. The van der Waals surface area contributed by atoms with Gasteiger partial charge in [0.15, 0.2) is 0 Å². The lowest BCUT2D eigenvalue weighted by Gasteiger charge is -2.20. The first kappa shape index (κ1) is 21.6. The second-order valence-corrected chi connectivity index (χ2v) is 9.46. The largest absolute Gasteiger partial charge is 0.497 e. The van der Waals surface area contributed by atoms with Crippen LogP contribution in [0.1, 0.15) is 32.0 Å². The van der Waals surface area contributed by atoms with Gasteiger partial charge in [0.1, 0.15) is 17.2 Å². The molecule has 1 N–H and O–H groups in total. The molecule has 8 nitrogen and oxygen atoms in total. The zero-order valence-corrected chi connectivity index (χ0v) is 18.7. The number of benzene rings is 2. The van der Waals surface area contributed by atoms with Gasteiger partial charge in [-0.1, -0.05) is 38.1 Å². The van der Waals surface area contributed by atoms with Crippen LogP contribution in [0.5, 0.6) is 11.5 Å². The molecule has 0 spiro atoms. The van der Waals surface area contributed by atoms with Crippen LogP contribution in [0.4, 0.5) is 5.69 Å². The van der Waals surface area contributed by atoms with Crippen LogP contribution in [0.3, 0.4) is 0 Å². The van der Waals surface area contributed by atoms with Crippen molar-refractivity contribution in [1.82, 2.24) is 15.0 Å². The van der Waals surface area contributed by atoms with E-state index in [-0.39, 0.29) is 10.4 Å². The highest BCUT2D eigenvalue weighted by atomic mass is 32.2. The smallest absolute Gasteiger partial charge is 0.283 e. The van der Waals surface area contributed by atoms with Gasteiger partial charge < -0.3 is 9.47 Å². The van der Waals surface area contributed by atoms with Gasteiger partial charge >= 0.3 is 0 Å². The highest BCUT2D eigenvalue weighted by Gasteiger charge is 2.25. The fourth-order valence-corrected chi connectivity index (χ4v) is 4.16. The van der Waals surface area contributed by atoms with Crippen LogP contribution in [0.2, 0.25) is 0 Å². The lowest BCUT2D eigenvalue weighted by Crippen LogP contribution is -2.16. The summed E-state index contributed by atoms with van der Waals surface area (Å²) in [5.41, 5.74) is 2.25. The molecular weight excluding hydrogens is 404 g/mol. The molecular formula is C21H26N4O4S. The molecule has 1 heterocycles. The Bertz CT molecular complexity index is 1160. The van der Waals surface area contributed by atoms with E-state index in [0.717, 1.165) is 5.56 Å². The minimum Gasteiger partial charge on any atom is -0.497 e. The first-order chi connectivity index (χ1) is 14.1. The Morgan fingerprint density at radius 2 is 1.77 bits per heavy atom. The van der Waals surface area contributed by atoms with Crippen LogP contribution in [0.25, 0.3) is 5.69 Å². The molecule has 0 saturated carbocycles. The molecule has 3 rings (SSSR count). The van der Waals surface area contributed by atoms with E-state index in [1.807, 2.05) is 18.2 Å².